The Bertz CT molecular complexity index is 181. The molecule has 0 N–H and O–H groups in total. The van der Waals surface area contributed by atoms with E-state index >= 15 is 0 Å². The molecule has 0 bridgehead atoms. The van der Waals surface area contributed by atoms with Gasteiger partial charge in [-0.1, -0.05) is 49.8 Å². The van der Waals surface area contributed by atoms with Gasteiger partial charge in [-0.2, -0.15) is 0 Å². The van der Waals surface area contributed by atoms with Crippen molar-refractivity contribution < 1.29 is 4.74 Å². The Hall–Kier alpha value is 0.690. The summed E-state index contributed by atoms with van der Waals surface area (Å²) in [4.78, 5) is 0. The molecule has 1 fully saturated rings. The molecule has 1 unspecified atom stereocenters. The van der Waals surface area contributed by atoms with Crippen LogP contribution in [0, 0.1) is 11.3 Å². The molecule has 0 aromatic carbocycles. The third-order valence-corrected chi connectivity index (χ3v) is 4.36. The van der Waals surface area contributed by atoms with E-state index in [1.807, 2.05) is 0 Å². The van der Waals surface area contributed by atoms with Gasteiger partial charge in [0.05, 0.1) is 6.10 Å². The lowest BCUT2D eigenvalue weighted by Gasteiger charge is -2.39. The molecule has 0 aromatic rings. The molecular formula is C13H25IO. The van der Waals surface area contributed by atoms with Gasteiger partial charge in [0, 0.05) is 0 Å². The summed E-state index contributed by atoms with van der Waals surface area (Å²) in [5.41, 5.74) is 0.529. The van der Waals surface area contributed by atoms with E-state index in [0.29, 0.717) is 15.6 Å². The lowest BCUT2D eigenvalue weighted by Crippen LogP contribution is -2.31. The smallest absolute Gasteiger partial charge is 0.106 e. The van der Waals surface area contributed by atoms with Crippen LogP contribution in [-0.2, 0) is 4.74 Å². The minimum absolute atomic E-state index is 0.364. The normalized spacial score (nSPS) is 30.2. The molecule has 15 heavy (non-hydrogen) atoms. The summed E-state index contributed by atoms with van der Waals surface area (Å²) in [6.07, 6.45) is 7.07. The van der Waals surface area contributed by atoms with E-state index in [9.17, 15) is 0 Å². The highest BCUT2D eigenvalue weighted by Crippen LogP contribution is 2.41. The monoisotopic (exact) mass is 324 g/mol. The first kappa shape index (κ1) is 13.8. The van der Waals surface area contributed by atoms with Crippen LogP contribution in [0.2, 0.25) is 0 Å². The van der Waals surface area contributed by atoms with Crippen molar-refractivity contribution in [3.8, 4) is 0 Å². The highest BCUT2D eigenvalue weighted by atomic mass is 127. The zero-order valence-corrected chi connectivity index (χ0v) is 12.7. The third-order valence-electron chi connectivity index (χ3n) is 4.07. The predicted molar refractivity (Wildman–Crippen MR) is 74.4 cm³/mol. The first-order chi connectivity index (χ1) is 6.95. The van der Waals surface area contributed by atoms with Crippen LogP contribution in [0.3, 0.4) is 0 Å². The summed E-state index contributed by atoms with van der Waals surface area (Å²) in [5, 5.41) is 0. The molecule has 0 radical (unpaired) electrons. The molecule has 0 spiro atoms. The van der Waals surface area contributed by atoms with Crippen molar-refractivity contribution in [1.29, 1.82) is 0 Å². The van der Waals surface area contributed by atoms with Crippen LogP contribution in [0.4, 0.5) is 0 Å². The maximum Gasteiger partial charge on any atom is 0.106 e. The van der Waals surface area contributed by atoms with Gasteiger partial charge in [0.25, 0.3) is 0 Å². The van der Waals surface area contributed by atoms with Gasteiger partial charge in [0.1, 0.15) is 4.11 Å². The van der Waals surface area contributed by atoms with Crippen molar-refractivity contribution in [2.24, 2.45) is 11.3 Å². The van der Waals surface area contributed by atoms with E-state index in [2.05, 4.69) is 50.3 Å². The molecule has 0 aromatic heterocycles. The van der Waals surface area contributed by atoms with Gasteiger partial charge in [0.15, 0.2) is 0 Å². The van der Waals surface area contributed by atoms with Crippen molar-refractivity contribution in [1.82, 2.24) is 0 Å². The largest absolute Gasteiger partial charge is 0.365 e. The number of alkyl halides is 1. The summed E-state index contributed by atoms with van der Waals surface area (Å²) in [6, 6.07) is 0. The summed E-state index contributed by atoms with van der Waals surface area (Å²) < 4.78 is 6.24. The molecule has 90 valence electrons. The van der Waals surface area contributed by atoms with Crippen LogP contribution in [0.25, 0.3) is 0 Å². The van der Waals surface area contributed by atoms with E-state index in [4.69, 9.17) is 4.74 Å². The molecule has 1 aliphatic rings. The average Bonchev–Trinajstić information content (AvgIpc) is 2.18. The van der Waals surface area contributed by atoms with Crippen LogP contribution in [0.1, 0.15) is 59.8 Å². The quantitative estimate of drug-likeness (QED) is 0.534. The van der Waals surface area contributed by atoms with E-state index < -0.39 is 0 Å². The van der Waals surface area contributed by atoms with Crippen molar-refractivity contribution in [2.75, 3.05) is 0 Å². The van der Waals surface area contributed by atoms with Gasteiger partial charge in [-0.3, -0.25) is 0 Å². The Morgan fingerprint density at radius 3 is 2.20 bits per heavy atom. The zero-order chi connectivity index (χ0) is 11.5. The lowest BCUT2D eigenvalue weighted by molar-refractivity contribution is -0.000377. The topological polar surface area (TPSA) is 9.23 Å². The fourth-order valence-electron chi connectivity index (χ4n) is 2.53. The Morgan fingerprint density at radius 2 is 1.80 bits per heavy atom. The fraction of sp³-hybridized carbons (Fsp3) is 1.00. The Balaban J connectivity index is 2.36. The van der Waals surface area contributed by atoms with Crippen LogP contribution >= 0.6 is 22.6 Å². The molecule has 0 aliphatic heterocycles. The highest BCUT2D eigenvalue weighted by molar-refractivity contribution is 14.1. The summed E-state index contributed by atoms with van der Waals surface area (Å²) in [5.74, 6) is 0.909. The molecule has 0 heterocycles. The standard InChI is InChI=1S/C13H25IO/c1-5-13(3,4)11-6-8-12(9-7-11)15-10(2)14/h10-12H,5-9H2,1-4H3. The van der Waals surface area contributed by atoms with E-state index in [1.165, 1.54) is 32.1 Å². The van der Waals surface area contributed by atoms with Gasteiger partial charge in [-0.25, -0.2) is 0 Å². The second-order valence-corrected chi connectivity index (χ2v) is 7.25. The van der Waals surface area contributed by atoms with Crippen LogP contribution in [-0.4, -0.2) is 10.2 Å². The predicted octanol–water partition coefficient (Wildman–Crippen LogP) is 4.78. The van der Waals surface area contributed by atoms with E-state index in [1.54, 1.807) is 0 Å². The van der Waals surface area contributed by atoms with Crippen molar-refractivity contribution in [3.05, 3.63) is 0 Å². The number of hydrogen-bond donors (Lipinski definition) is 0. The molecule has 1 aliphatic carbocycles. The summed E-state index contributed by atoms with van der Waals surface area (Å²) in [7, 11) is 0. The number of ether oxygens (including phenoxy) is 1. The van der Waals surface area contributed by atoms with Crippen LogP contribution in [0.5, 0.6) is 0 Å². The molecule has 1 rings (SSSR count). The second kappa shape index (κ2) is 5.85. The first-order valence-electron chi connectivity index (χ1n) is 6.25. The van der Waals surface area contributed by atoms with Crippen LogP contribution in [0.15, 0.2) is 0 Å². The summed E-state index contributed by atoms with van der Waals surface area (Å²) in [6.45, 7) is 9.28. The minimum atomic E-state index is 0.364. The minimum Gasteiger partial charge on any atom is -0.365 e. The maximum atomic E-state index is 5.87. The molecule has 0 amide bonds. The molecule has 1 saturated carbocycles. The SMILES string of the molecule is CCC(C)(C)C1CCC(OC(C)I)CC1. The second-order valence-electron chi connectivity index (χ2n) is 5.49. The lowest BCUT2D eigenvalue weighted by atomic mass is 9.69. The van der Waals surface area contributed by atoms with Gasteiger partial charge in [0.2, 0.25) is 0 Å². The number of hydrogen-bond acceptors (Lipinski definition) is 1. The fourth-order valence-corrected chi connectivity index (χ4v) is 2.95. The molecular weight excluding hydrogens is 299 g/mol. The molecule has 1 atom stereocenters. The Morgan fingerprint density at radius 1 is 1.27 bits per heavy atom. The molecule has 1 nitrogen and oxygen atoms in total. The van der Waals surface area contributed by atoms with Crippen LogP contribution < -0.4 is 0 Å². The maximum absolute atomic E-state index is 5.87. The van der Waals surface area contributed by atoms with Crippen molar-refractivity contribution in [3.63, 3.8) is 0 Å². The van der Waals surface area contributed by atoms with E-state index in [-0.39, 0.29) is 0 Å². The Kier molecular flexibility index (Phi) is 5.37. The van der Waals surface area contributed by atoms with Crippen molar-refractivity contribution >= 4 is 22.6 Å². The van der Waals surface area contributed by atoms with Gasteiger partial charge in [-0.15, -0.1) is 0 Å². The number of rotatable bonds is 4. The van der Waals surface area contributed by atoms with Gasteiger partial charge in [-0.05, 0) is 43.9 Å². The Labute approximate surface area is 108 Å². The zero-order valence-electron chi connectivity index (χ0n) is 10.6. The third kappa shape index (κ3) is 4.22. The van der Waals surface area contributed by atoms with E-state index in [0.717, 1.165) is 5.92 Å². The first-order valence-corrected chi connectivity index (χ1v) is 7.49. The van der Waals surface area contributed by atoms with Crippen molar-refractivity contribution in [2.45, 2.75) is 70.0 Å². The average molecular weight is 324 g/mol. The number of halogens is 1. The molecule has 2 heteroatoms. The van der Waals surface area contributed by atoms with Gasteiger partial charge >= 0.3 is 0 Å². The molecule has 0 saturated heterocycles. The summed E-state index contributed by atoms with van der Waals surface area (Å²) >= 11 is 2.35. The van der Waals surface area contributed by atoms with Gasteiger partial charge < -0.3 is 4.74 Å². The highest BCUT2D eigenvalue weighted by Gasteiger charge is 2.32.